The van der Waals surface area contributed by atoms with Gasteiger partial charge < -0.3 is 4.98 Å². The minimum atomic E-state index is 0.302. The molecule has 2 aliphatic carbocycles. The summed E-state index contributed by atoms with van der Waals surface area (Å²) in [6.45, 7) is 0. The van der Waals surface area contributed by atoms with Crippen LogP contribution in [-0.4, -0.2) is 18.6 Å². The molecule has 2 nitrogen and oxygen atoms in total. The lowest BCUT2D eigenvalue weighted by Crippen LogP contribution is -2.39. The van der Waals surface area contributed by atoms with Gasteiger partial charge in [-0.2, -0.15) is 0 Å². The number of aromatic amines is 1. The highest BCUT2D eigenvalue weighted by Crippen LogP contribution is 2.53. The fraction of sp³-hybridized carbons (Fsp3) is 0.400. The monoisotopic (exact) mass is 237 g/mol. The van der Waals surface area contributed by atoms with Gasteiger partial charge in [0, 0.05) is 17.3 Å². The van der Waals surface area contributed by atoms with E-state index in [1.54, 1.807) is 0 Å². The zero-order valence-electron chi connectivity index (χ0n) is 10.7. The number of carbonyl (C=O) groups excluding carboxylic acids is 1. The van der Waals surface area contributed by atoms with Crippen LogP contribution in [0.15, 0.2) is 18.2 Å². The van der Waals surface area contributed by atoms with Crippen LogP contribution in [0.1, 0.15) is 48.2 Å². The first-order chi connectivity index (χ1) is 8.70. The van der Waals surface area contributed by atoms with E-state index in [0.717, 1.165) is 24.1 Å². The predicted molar refractivity (Wildman–Crippen MR) is 75.6 cm³/mol. The second-order valence-corrected chi connectivity index (χ2v) is 5.98. The van der Waals surface area contributed by atoms with Crippen LogP contribution in [-0.2, 0) is 5.41 Å². The van der Waals surface area contributed by atoms with Gasteiger partial charge in [0.2, 0.25) is 0 Å². The van der Waals surface area contributed by atoms with Crippen LogP contribution in [0.25, 0.3) is 10.9 Å². The lowest BCUT2D eigenvalue weighted by Gasteiger charge is -2.45. The van der Waals surface area contributed by atoms with Crippen molar-refractivity contribution in [1.82, 2.24) is 4.98 Å². The highest BCUT2D eigenvalue weighted by molar-refractivity contribution is 6.33. The van der Waals surface area contributed by atoms with Crippen molar-refractivity contribution in [1.29, 1.82) is 0 Å². The average Bonchev–Trinajstić information content (AvgIpc) is 2.68. The molecule has 0 atom stereocenters. The molecule has 1 saturated carbocycles. The minimum Gasteiger partial charge on any atom is -0.352 e. The number of aromatic nitrogens is 1. The molecule has 1 aromatic carbocycles. The van der Waals surface area contributed by atoms with Gasteiger partial charge in [-0.05, 0) is 36.3 Å². The Kier molecular flexibility index (Phi) is 1.90. The third-order valence-corrected chi connectivity index (χ3v) is 4.90. The summed E-state index contributed by atoms with van der Waals surface area (Å²) >= 11 is 0. The first-order valence-electron chi connectivity index (χ1n) is 6.86. The quantitative estimate of drug-likeness (QED) is 0.696. The summed E-state index contributed by atoms with van der Waals surface area (Å²) in [6.07, 6.45) is 5.60. The molecule has 1 spiro atoms. The van der Waals surface area contributed by atoms with E-state index < -0.39 is 0 Å². The average molecular weight is 237 g/mol. The first-order valence-corrected chi connectivity index (χ1v) is 6.86. The third-order valence-electron chi connectivity index (χ3n) is 4.90. The Morgan fingerprint density at radius 3 is 2.78 bits per heavy atom. The second-order valence-electron chi connectivity index (χ2n) is 5.98. The molecule has 0 bridgehead atoms. The third kappa shape index (κ3) is 1.17. The van der Waals surface area contributed by atoms with Crippen LogP contribution >= 0.6 is 0 Å². The van der Waals surface area contributed by atoms with Gasteiger partial charge in [0.05, 0.1) is 5.69 Å². The maximum Gasteiger partial charge on any atom is 0.179 e. The Morgan fingerprint density at radius 2 is 2.06 bits per heavy atom. The summed E-state index contributed by atoms with van der Waals surface area (Å²) < 4.78 is 0. The normalized spacial score (nSPS) is 21.0. The van der Waals surface area contributed by atoms with Crippen molar-refractivity contribution in [2.45, 2.75) is 37.5 Å². The van der Waals surface area contributed by atoms with E-state index in [4.69, 9.17) is 0 Å². The second kappa shape index (κ2) is 3.28. The highest BCUT2D eigenvalue weighted by Gasteiger charge is 2.45. The fourth-order valence-electron chi connectivity index (χ4n) is 3.77. The zero-order valence-corrected chi connectivity index (χ0v) is 10.7. The number of nitrogens with one attached hydrogen (secondary N) is 1. The molecule has 2 aromatic rings. The molecule has 2 aliphatic rings. The number of benzene rings is 1. The van der Waals surface area contributed by atoms with Gasteiger partial charge in [-0.3, -0.25) is 4.79 Å². The summed E-state index contributed by atoms with van der Waals surface area (Å²) in [7, 11) is 2.12. The van der Waals surface area contributed by atoms with Crippen molar-refractivity contribution >= 4 is 30.0 Å². The molecule has 0 saturated heterocycles. The molecule has 0 amide bonds. The molecule has 1 fully saturated rings. The molecule has 0 radical (unpaired) electrons. The topological polar surface area (TPSA) is 32.9 Å². The number of fused-ring (bicyclic) bond motifs is 4. The summed E-state index contributed by atoms with van der Waals surface area (Å²) in [6, 6.07) is 6.47. The maximum absolute atomic E-state index is 12.1. The van der Waals surface area contributed by atoms with Gasteiger partial charge >= 0.3 is 0 Å². The Bertz CT molecular complexity index is 666. The molecule has 0 unspecified atom stereocenters. The maximum atomic E-state index is 12.1. The minimum absolute atomic E-state index is 0.302. The van der Waals surface area contributed by atoms with Crippen molar-refractivity contribution in [2.75, 3.05) is 0 Å². The zero-order chi connectivity index (χ0) is 12.3. The summed E-state index contributed by atoms with van der Waals surface area (Å²) in [5.74, 6) is 0.302. The van der Waals surface area contributed by atoms with Gasteiger partial charge in [0.1, 0.15) is 7.85 Å². The Morgan fingerprint density at radius 1 is 1.22 bits per heavy atom. The lowest BCUT2D eigenvalue weighted by atomic mass is 9.58. The van der Waals surface area contributed by atoms with Gasteiger partial charge in [-0.15, -0.1) is 0 Å². The van der Waals surface area contributed by atoms with Crippen LogP contribution in [0.5, 0.6) is 0 Å². The van der Waals surface area contributed by atoms with E-state index in [2.05, 4.69) is 31.0 Å². The van der Waals surface area contributed by atoms with E-state index in [-0.39, 0.29) is 0 Å². The van der Waals surface area contributed by atoms with Crippen LogP contribution < -0.4 is 5.46 Å². The molecular weight excluding hydrogens is 221 g/mol. The number of Topliss-reactive ketones (excluding diaryl/α,β-unsaturated/α-hetero) is 1. The van der Waals surface area contributed by atoms with Crippen molar-refractivity contribution in [3.05, 3.63) is 29.5 Å². The van der Waals surface area contributed by atoms with Crippen molar-refractivity contribution in [3.8, 4) is 0 Å². The number of hydrogen-bond acceptors (Lipinski definition) is 1. The Hall–Kier alpha value is -1.51. The number of ketones is 1. The van der Waals surface area contributed by atoms with Crippen LogP contribution in [0, 0.1) is 0 Å². The standard InChI is InChI=1S/C15H16BNO/c16-9-2-3-11-10(8-9)13-14(17-11)12(18)4-7-15(13)5-1-6-15/h2-3,8,17H,1,4-7,16H2. The molecule has 90 valence electrons. The number of hydrogen-bond donors (Lipinski definition) is 1. The molecule has 18 heavy (non-hydrogen) atoms. The number of H-pyrrole nitrogens is 1. The fourth-order valence-corrected chi connectivity index (χ4v) is 3.77. The van der Waals surface area contributed by atoms with Gasteiger partial charge in [0.25, 0.3) is 0 Å². The van der Waals surface area contributed by atoms with E-state index >= 15 is 0 Å². The highest BCUT2D eigenvalue weighted by atomic mass is 16.1. The largest absolute Gasteiger partial charge is 0.352 e. The molecule has 1 heterocycles. The Labute approximate surface area is 107 Å². The molecular formula is C15H16BNO. The predicted octanol–water partition coefficient (Wildman–Crippen LogP) is 1.82. The van der Waals surface area contributed by atoms with Crippen LogP contribution in [0.4, 0.5) is 0 Å². The van der Waals surface area contributed by atoms with Gasteiger partial charge in [-0.1, -0.05) is 24.0 Å². The molecule has 1 aromatic heterocycles. The van der Waals surface area contributed by atoms with E-state index in [1.165, 1.54) is 35.7 Å². The van der Waals surface area contributed by atoms with Crippen LogP contribution in [0.2, 0.25) is 0 Å². The van der Waals surface area contributed by atoms with Crippen molar-refractivity contribution < 1.29 is 4.79 Å². The molecule has 1 N–H and O–H groups in total. The van der Waals surface area contributed by atoms with E-state index in [9.17, 15) is 4.79 Å². The van der Waals surface area contributed by atoms with Crippen molar-refractivity contribution in [3.63, 3.8) is 0 Å². The summed E-state index contributed by atoms with van der Waals surface area (Å²) in [4.78, 5) is 15.5. The van der Waals surface area contributed by atoms with Gasteiger partial charge in [0.15, 0.2) is 5.78 Å². The first kappa shape index (κ1) is 10.4. The molecule has 0 aliphatic heterocycles. The smallest absolute Gasteiger partial charge is 0.179 e. The van der Waals surface area contributed by atoms with Crippen LogP contribution in [0.3, 0.4) is 0 Å². The Balaban J connectivity index is 2.08. The summed E-state index contributed by atoms with van der Waals surface area (Å²) in [5, 5.41) is 1.29. The number of rotatable bonds is 0. The van der Waals surface area contributed by atoms with Gasteiger partial charge in [-0.25, -0.2) is 0 Å². The van der Waals surface area contributed by atoms with E-state index in [1.807, 2.05) is 0 Å². The molecule has 3 heteroatoms. The lowest BCUT2D eigenvalue weighted by molar-refractivity contribution is 0.0917. The number of carbonyl (C=O) groups is 1. The summed E-state index contributed by atoms with van der Waals surface area (Å²) in [5.41, 5.74) is 4.96. The SMILES string of the molecule is Bc1ccc2[nH]c3c(c2c1)C1(CCC1)CCC3=O. The van der Waals surface area contributed by atoms with Crippen molar-refractivity contribution in [2.24, 2.45) is 0 Å². The molecule has 4 rings (SSSR count). The van der Waals surface area contributed by atoms with E-state index in [0.29, 0.717) is 11.2 Å².